The maximum atomic E-state index is 11.8. The van der Waals surface area contributed by atoms with Crippen LogP contribution in [0.15, 0.2) is 30.6 Å². The van der Waals surface area contributed by atoms with Gasteiger partial charge in [-0.15, -0.1) is 0 Å². The second kappa shape index (κ2) is 6.04. The van der Waals surface area contributed by atoms with E-state index in [-0.39, 0.29) is 18.3 Å². The van der Waals surface area contributed by atoms with E-state index in [2.05, 4.69) is 15.3 Å². The molecule has 1 aliphatic heterocycles. The smallest absolute Gasteiger partial charge is 0.328 e. The van der Waals surface area contributed by atoms with Crippen molar-refractivity contribution in [2.45, 2.75) is 20.3 Å². The largest absolute Gasteiger partial charge is 0.424 e. The molecular weight excluding hydrogens is 296 g/mol. The summed E-state index contributed by atoms with van der Waals surface area (Å²) < 4.78 is 5.65. The molecule has 2 aromatic rings. The van der Waals surface area contributed by atoms with Crippen LogP contribution < -0.4 is 15.0 Å². The summed E-state index contributed by atoms with van der Waals surface area (Å²) in [5.41, 5.74) is 2.66. The molecule has 3 rings (SSSR count). The van der Waals surface area contributed by atoms with Crippen LogP contribution in [0.3, 0.4) is 0 Å². The third kappa shape index (κ3) is 3.28. The highest BCUT2D eigenvalue weighted by atomic mass is 16.5. The topological polar surface area (TPSA) is 84.4 Å². The Labute approximate surface area is 133 Å². The molecule has 0 unspecified atom stereocenters. The van der Waals surface area contributed by atoms with Crippen molar-refractivity contribution in [3.8, 4) is 11.8 Å². The molecular formula is C16H16N4O3. The number of amides is 3. The number of carbonyl (C=O) groups is 2. The van der Waals surface area contributed by atoms with Crippen molar-refractivity contribution in [3.05, 3.63) is 41.7 Å². The van der Waals surface area contributed by atoms with Crippen LogP contribution in [0.25, 0.3) is 0 Å². The summed E-state index contributed by atoms with van der Waals surface area (Å²) in [6.07, 6.45) is 3.26. The average Bonchev–Trinajstić information content (AvgIpc) is 2.51. The minimum absolute atomic E-state index is 0.203. The molecule has 0 radical (unpaired) electrons. The predicted octanol–water partition coefficient (Wildman–Crippen LogP) is 2.33. The number of hydrogen-bond donors (Lipinski definition) is 1. The van der Waals surface area contributed by atoms with Gasteiger partial charge in [0, 0.05) is 13.0 Å². The molecule has 1 aromatic heterocycles. The van der Waals surface area contributed by atoms with Crippen LogP contribution in [-0.2, 0) is 4.79 Å². The van der Waals surface area contributed by atoms with Gasteiger partial charge in [-0.1, -0.05) is 17.7 Å². The normalized spacial score (nSPS) is 14.6. The highest BCUT2D eigenvalue weighted by molar-refractivity contribution is 6.05. The van der Waals surface area contributed by atoms with E-state index in [1.54, 1.807) is 0 Å². The first-order valence-corrected chi connectivity index (χ1v) is 7.21. The third-order valence-corrected chi connectivity index (χ3v) is 3.51. The van der Waals surface area contributed by atoms with Crippen LogP contribution in [0.4, 0.5) is 10.5 Å². The SMILES string of the molecule is Cc1ccc(Oc2ncc(N3CCC(=O)NC3=O)cn2)c(C)c1. The van der Waals surface area contributed by atoms with Crippen molar-refractivity contribution in [1.29, 1.82) is 0 Å². The summed E-state index contributed by atoms with van der Waals surface area (Å²) in [5, 5.41) is 2.26. The lowest BCUT2D eigenvalue weighted by atomic mass is 10.1. The van der Waals surface area contributed by atoms with E-state index in [1.807, 2.05) is 32.0 Å². The fourth-order valence-electron chi connectivity index (χ4n) is 2.32. The molecule has 3 amide bonds. The molecule has 0 spiro atoms. The molecule has 1 aromatic carbocycles. The summed E-state index contributed by atoms with van der Waals surface area (Å²) in [4.78, 5) is 32.6. The average molecular weight is 312 g/mol. The molecule has 1 N–H and O–H groups in total. The molecule has 0 saturated carbocycles. The molecule has 7 heteroatoms. The number of ether oxygens (including phenoxy) is 1. The molecule has 0 atom stereocenters. The zero-order chi connectivity index (χ0) is 16.4. The van der Waals surface area contributed by atoms with Crippen LogP contribution in [-0.4, -0.2) is 28.5 Å². The Hall–Kier alpha value is -2.96. The quantitative estimate of drug-likeness (QED) is 0.940. The minimum Gasteiger partial charge on any atom is -0.424 e. The Bertz CT molecular complexity index is 758. The molecule has 7 nitrogen and oxygen atoms in total. The zero-order valence-electron chi connectivity index (χ0n) is 12.9. The summed E-state index contributed by atoms with van der Waals surface area (Å²) in [7, 11) is 0. The summed E-state index contributed by atoms with van der Waals surface area (Å²) in [6, 6.07) is 5.57. The summed E-state index contributed by atoms with van der Waals surface area (Å²) in [5.74, 6) is 0.409. The van der Waals surface area contributed by atoms with Crippen molar-refractivity contribution < 1.29 is 14.3 Å². The van der Waals surface area contributed by atoms with Gasteiger partial charge in [0.1, 0.15) is 5.75 Å². The van der Waals surface area contributed by atoms with Crippen molar-refractivity contribution in [1.82, 2.24) is 15.3 Å². The van der Waals surface area contributed by atoms with Crippen LogP contribution in [0, 0.1) is 13.8 Å². The number of benzene rings is 1. The minimum atomic E-state index is -0.465. The van der Waals surface area contributed by atoms with Gasteiger partial charge in [-0.25, -0.2) is 14.8 Å². The number of rotatable bonds is 3. The van der Waals surface area contributed by atoms with Gasteiger partial charge in [-0.05, 0) is 25.5 Å². The first-order chi connectivity index (χ1) is 11.0. The maximum absolute atomic E-state index is 11.8. The van der Waals surface area contributed by atoms with E-state index in [4.69, 9.17) is 4.74 Å². The zero-order valence-corrected chi connectivity index (χ0v) is 12.9. The van der Waals surface area contributed by atoms with Crippen molar-refractivity contribution in [3.63, 3.8) is 0 Å². The van der Waals surface area contributed by atoms with Crippen LogP contribution in [0.2, 0.25) is 0 Å². The number of imide groups is 1. The van der Waals surface area contributed by atoms with E-state index in [9.17, 15) is 9.59 Å². The van der Waals surface area contributed by atoms with Gasteiger partial charge in [0.15, 0.2) is 0 Å². The Morgan fingerprint density at radius 1 is 1.17 bits per heavy atom. The Morgan fingerprint density at radius 2 is 1.91 bits per heavy atom. The fourth-order valence-corrected chi connectivity index (χ4v) is 2.32. The van der Waals surface area contributed by atoms with Crippen LogP contribution in [0.1, 0.15) is 17.5 Å². The number of carbonyl (C=O) groups excluding carboxylic acids is 2. The lowest BCUT2D eigenvalue weighted by molar-refractivity contribution is -0.120. The van der Waals surface area contributed by atoms with E-state index < -0.39 is 6.03 Å². The Balaban J connectivity index is 1.74. The summed E-state index contributed by atoms with van der Waals surface area (Å²) in [6.45, 7) is 4.27. The molecule has 23 heavy (non-hydrogen) atoms. The van der Waals surface area contributed by atoms with E-state index in [1.165, 1.54) is 17.3 Å². The van der Waals surface area contributed by atoms with E-state index >= 15 is 0 Å². The van der Waals surface area contributed by atoms with Gasteiger partial charge in [0.05, 0.1) is 18.1 Å². The van der Waals surface area contributed by atoms with Crippen molar-refractivity contribution >= 4 is 17.6 Å². The second-order valence-electron chi connectivity index (χ2n) is 5.35. The maximum Gasteiger partial charge on any atom is 0.328 e. The standard InChI is InChI=1S/C16H16N4O3/c1-10-3-4-13(11(2)7-10)23-15-17-8-12(9-18-15)20-6-5-14(21)19-16(20)22/h3-4,7-9H,5-6H2,1-2H3,(H,19,21,22). The van der Waals surface area contributed by atoms with Gasteiger partial charge in [-0.2, -0.15) is 0 Å². The van der Waals surface area contributed by atoms with Crippen molar-refractivity contribution in [2.75, 3.05) is 11.4 Å². The number of nitrogens with zero attached hydrogens (tertiary/aromatic N) is 3. The highest BCUT2D eigenvalue weighted by Gasteiger charge is 2.24. The molecule has 1 fully saturated rings. The number of aromatic nitrogens is 2. The monoisotopic (exact) mass is 312 g/mol. The van der Waals surface area contributed by atoms with Crippen LogP contribution in [0.5, 0.6) is 11.8 Å². The van der Waals surface area contributed by atoms with Gasteiger partial charge in [0.2, 0.25) is 5.91 Å². The molecule has 118 valence electrons. The van der Waals surface area contributed by atoms with Gasteiger partial charge < -0.3 is 4.74 Å². The van der Waals surface area contributed by atoms with Gasteiger partial charge in [-0.3, -0.25) is 15.0 Å². The highest BCUT2D eigenvalue weighted by Crippen LogP contribution is 2.24. The lowest BCUT2D eigenvalue weighted by Gasteiger charge is -2.25. The first-order valence-electron chi connectivity index (χ1n) is 7.21. The number of hydrogen-bond acceptors (Lipinski definition) is 5. The molecule has 2 heterocycles. The molecule has 1 saturated heterocycles. The predicted molar refractivity (Wildman–Crippen MR) is 83.5 cm³/mol. The third-order valence-electron chi connectivity index (χ3n) is 3.51. The lowest BCUT2D eigenvalue weighted by Crippen LogP contribution is -2.49. The number of nitrogens with one attached hydrogen (secondary N) is 1. The number of anilines is 1. The molecule has 1 aliphatic rings. The van der Waals surface area contributed by atoms with E-state index in [0.717, 1.165) is 11.1 Å². The number of aryl methyl sites for hydroxylation is 2. The van der Waals surface area contributed by atoms with Crippen molar-refractivity contribution in [2.24, 2.45) is 0 Å². The Morgan fingerprint density at radius 3 is 2.57 bits per heavy atom. The summed E-state index contributed by atoms with van der Waals surface area (Å²) >= 11 is 0. The first kappa shape index (κ1) is 15.0. The Kier molecular flexibility index (Phi) is 3.92. The van der Waals surface area contributed by atoms with Gasteiger partial charge in [0.25, 0.3) is 0 Å². The van der Waals surface area contributed by atoms with Gasteiger partial charge >= 0.3 is 12.0 Å². The second-order valence-corrected chi connectivity index (χ2v) is 5.35. The fraction of sp³-hybridized carbons (Fsp3) is 0.250. The molecule has 0 aliphatic carbocycles. The number of urea groups is 1. The molecule has 0 bridgehead atoms. The van der Waals surface area contributed by atoms with Crippen LogP contribution >= 0.6 is 0 Å². The van der Waals surface area contributed by atoms with E-state index in [0.29, 0.717) is 18.0 Å².